The van der Waals surface area contributed by atoms with Crippen LogP contribution in [-0.4, -0.2) is 58.5 Å². The van der Waals surface area contributed by atoms with Crippen molar-refractivity contribution in [2.45, 2.75) is 85.1 Å². The van der Waals surface area contributed by atoms with E-state index >= 15 is 0 Å². The highest BCUT2D eigenvalue weighted by Crippen LogP contribution is 2.38. The molecule has 0 saturated heterocycles. The lowest BCUT2D eigenvalue weighted by Gasteiger charge is -2.45. The van der Waals surface area contributed by atoms with Crippen LogP contribution in [0.4, 0.5) is 0 Å². The minimum Gasteiger partial charge on any atom is -0.466 e. The highest BCUT2D eigenvalue weighted by atomic mass is 16.6. The van der Waals surface area contributed by atoms with E-state index in [1.807, 2.05) is 13.8 Å². The van der Waals surface area contributed by atoms with Crippen LogP contribution in [0.2, 0.25) is 0 Å². The number of hydrogen-bond donors (Lipinski definition) is 0. The third-order valence-electron chi connectivity index (χ3n) is 5.48. The maximum absolute atomic E-state index is 12.4. The van der Waals surface area contributed by atoms with Crippen molar-refractivity contribution in [2.75, 3.05) is 6.61 Å². The smallest absolute Gasteiger partial charge is 0.309 e. The molecule has 1 rings (SSSR count). The van der Waals surface area contributed by atoms with Crippen LogP contribution in [0.5, 0.6) is 0 Å². The van der Waals surface area contributed by atoms with Crippen LogP contribution in [0.15, 0.2) is 0 Å². The molecule has 1 aliphatic carbocycles. The number of carbonyl (C=O) groups is 3. The molecule has 0 aromatic rings. The van der Waals surface area contributed by atoms with Gasteiger partial charge in [-0.25, -0.2) is 0 Å². The van der Waals surface area contributed by atoms with E-state index in [4.69, 9.17) is 9.47 Å². The first kappa shape index (κ1) is 24.0. The first-order valence-corrected chi connectivity index (χ1v) is 9.86. The van der Waals surface area contributed by atoms with Gasteiger partial charge in [0, 0.05) is 25.2 Å². The van der Waals surface area contributed by atoms with Crippen LogP contribution in [0.3, 0.4) is 0 Å². The summed E-state index contributed by atoms with van der Waals surface area (Å²) in [5.74, 6) is -2.88. The third-order valence-corrected chi connectivity index (χ3v) is 5.48. The lowest BCUT2D eigenvalue weighted by atomic mass is 9.72. The number of nitrogens with zero attached hydrogens (tertiary/aromatic N) is 2. The molecule has 0 radical (unpaired) electrons. The number of imide groups is 1. The van der Waals surface area contributed by atoms with E-state index in [1.165, 1.54) is 13.8 Å². The van der Waals surface area contributed by atoms with Gasteiger partial charge in [0.15, 0.2) is 0 Å². The van der Waals surface area contributed by atoms with Gasteiger partial charge in [-0.3, -0.25) is 29.4 Å². The number of rotatable bonds is 8. The molecule has 2 amide bonds. The van der Waals surface area contributed by atoms with Crippen molar-refractivity contribution in [3.8, 4) is 0 Å². The topological polar surface area (TPSA) is 116 Å². The van der Waals surface area contributed by atoms with E-state index in [0.29, 0.717) is 12.8 Å². The van der Waals surface area contributed by atoms with E-state index in [0.717, 1.165) is 4.90 Å². The number of nitro groups is 1. The zero-order chi connectivity index (χ0) is 21.6. The van der Waals surface area contributed by atoms with Crippen molar-refractivity contribution in [3.05, 3.63) is 10.1 Å². The largest absolute Gasteiger partial charge is 0.466 e. The van der Waals surface area contributed by atoms with Gasteiger partial charge < -0.3 is 9.47 Å². The maximum Gasteiger partial charge on any atom is 0.309 e. The molecule has 1 unspecified atom stereocenters. The van der Waals surface area contributed by atoms with Gasteiger partial charge in [0.2, 0.25) is 17.9 Å². The van der Waals surface area contributed by atoms with E-state index in [2.05, 4.69) is 0 Å². The molecule has 28 heavy (non-hydrogen) atoms. The van der Waals surface area contributed by atoms with Crippen molar-refractivity contribution in [2.24, 2.45) is 11.8 Å². The summed E-state index contributed by atoms with van der Waals surface area (Å²) in [6.07, 6.45) is 0.178. The van der Waals surface area contributed by atoms with Crippen LogP contribution in [0.1, 0.15) is 60.8 Å². The summed E-state index contributed by atoms with van der Waals surface area (Å²) < 4.78 is 11.3. The Labute approximate surface area is 165 Å². The second kappa shape index (κ2) is 10.5. The Hall–Kier alpha value is -2.03. The highest BCUT2D eigenvalue weighted by Gasteiger charge is 2.55. The normalized spacial score (nSPS) is 27.3. The van der Waals surface area contributed by atoms with Crippen molar-refractivity contribution < 1.29 is 28.8 Å². The number of carbonyl (C=O) groups excluding carboxylic acids is 3. The SMILES string of the molecule is CCOC(=O)[C@@H]1C[C@H]([N+](=O)[O-])[C@@H](N(C(C)=O)C(C)=O)C(OC(CC)CC)[C@@H]1C. The Balaban J connectivity index is 3.47. The summed E-state index contributed by atoms with van der Waals surface area (Å²) in [6.45, 7) is 9.86. The Kier molecular flexibility index (Phi) is 9.00. The van der Waals surface area contributed by atoms with Crippen LogP contribution in [-0.2, 0) is 23.9 Å². The molecule has 0 aliphatic heterocycles. The summed E-state index contributed by atoms with van der Waals surface area (Å²) in [6, 6.07) is -2.39. The Morgan fingerprint density at radius 3 is 2.07 bits per heavy atom. The van der Waals surface area contributed by atoms with Crippen molar-refractivity contribution in [1.82, 2.24) is 4.90 Å². The van der Waals surface area contributed by atoms with Gasteiger partial charge in [0.1, 0.15) is 6.04 Å². The minimum absolute atomic E-state index is 0.114. The molecule has 1 saturated carbocycles. The first-order chi connectivity index (χ1) is 13.1. The fourth-order valence-corrected chi connectivity index (χ4v) is 4.01. The van der Waals surface area contributed by atoms with E-state index < -0.39 is 52.7 Å². The van der Waals surface area contributed by atoms with Gasteiger partial charge in [0.05, 0.1) is 24.7 Å². The van der Waals surface area contributed by atoms with Gasteiger partial charge in [-0.05, 0) is 25.7 Å². The lowest BCUT2D eigenvalue weighted by Crippen LogP contribution is -2.64. The average Bonchev–Trinajstić information content (AvgIpc) is 2.60. The summed E-state index contributed by atoms with van der Waals surface area (Å²) in [7, 11) is 0. The predicted octanol–water partition coefficient (Wildman–Crippen LogP) is 2.19. The zero-order valence-corrected chi connectivity index (χ0v) is 17.5. The number of hydrogen-bond acceptors (Lipinski definition) is 7. The lowest BCUT2D eigenvalue weighted by molar-refractivity contribution is -0.538. The molecule has 0 bridgehead atoms. The maximum atomic E-state index is 12.4. The van der Waals surface area contributed by atoms with Crippen LogP contribution < -0.4 is 0 Å². The third kappa shape index (κ3) is 5.27. The van der Waals surface area contributed by atoms with Gasteiger partial charge in [-0.1, -0.05) is 20.8 Å². The summed E-state index contributed by atoms with van der Waals surface area (Å²) >= 11 is 0. The summed E-state index contributed by atoms with van der Waals surface area (Å²) in [5, 5.41) is 11.9. The summed E-state index contributed by atoms with van der Waals surface area (Å²) in [4.78, 5) is 49.1. The van der Waals surface area contributed by atoms with E-state index in [-0.39, 0.29) is 19.1 Å². The van der Waals surface area contributed by atoms with Crippen LogP contribution >= 0.6 is 0 Å². The van der Waals surface area contributed by atoms with Crippen LogP contribution in [0, 0.1) is 22.0 Å². The molecule has 160 valence electrons. The van der Waals surface area contributed by atoms with Crippen molar-refractivity contribution in [1.29, 1.82) is 0 Å². The minimum atomic E-state index is -1.31. The quantitative estimate of drug-likeness (QED) is 0.348. The highest BCUT2D eigenvalue weighted by molar-refractivity contribution is 5.93. The molecule has 0 spiro atoms. The Morgan fingerprint density at radius 2 is 1.68 bits per heavy atom. The van der Waals surface area contributed by atoms with Gasteiger partial charge >= 0.3 is 5.97 Å². The molecule has 5 atom stereocenters. The molecule has 1 fully saturated rings. The number of amides is 2. The number of ether oxygens (including phenoxy) is 2. The monoisotopic (exact) mass is 400 g/mol. The van der Waals surface area contributed by atoms with Crippen molar-refractivity contribution in [3.63, 3.8) is 0 Å². The molecular formula is C19H32N2O7. The van der Waals surface area contributed by atoms with E-state index in [9.17, 15) is 24.5 Å². The molecule has 0 heterocycles. The number of esters is 1. The molecule has 0 N–H and O–H groups in total. The summed E-state index contributed by atoms with van der Waals surface area (Å²) in [5.41, 5.74) is 0. The Morgan fingerprint density at radius 1 is 1.14 bits per heavy atom. The molecular weight excluding hydrogens is 368 g/mol. The van der Waals surface area contributed by atoms with Crippen LogP contribution in [0.25, 0.3) is 0 Å². The zero-order valence-electron chi connectivity index (χ0n) is 17.5. The Bertz CT molecular complexity index is 577. The van der Waals surface area contributed by atoms with Gasteiger partial charge in [-0.2, -0.15) is 0 Å². The molecule has 0 aromatic heterocycles. The molecule has 9 nitrogen and oxygen atoms in total. The fourth-order valence-electron chi connectivity index (χ4n) is 4.01. The molecule has 1 aliphatic rings. The van der Waals surface area contributed by atoms with Gasteiger partial charge in [0.25, 0.3) is 0 Å². The molecule has 0 aromatic carbocycles. The molecule has 9 heteroatoms. The van der Waals surface area contributed by atoms with E-state index in [1.54, 1.807) is 13.8 Å². The second-order valence-electron chi connectivity index (χ2n) is 7.24. The predicted molar refractivity (Wildman–Crippen MR) is 101 cm³/mol. The second-order valence-corrected chi connectivity index (χ2v) is 7.24. The first-order valence-electron chi connectivity index (χ1n) is 9.86. The van der Waals surface area contributed by atoms with Gasteiger partial charge in [-0.15, -0.1) is 0 Å². The van der Waals surface area contributed by atoms with Crippen molar-refractivity contribution >= 4 is 17.8 Å². The fraction of sp³-hybridized carbons (Fsp3) is 0.842. The standard InChI is InChI=1S/C19H32N2O7/c1-7-14(8-2)28-18-11(4)15(19(24)27-9-3)10-16(21(25)26)17(18)20(12(5)22)13(6)23/h11,14-18H,7-10H2,1-6H3/t11-,15-,16+,17-,18?/m1/s1. The average molecular weight is 400 g/mol.